The van der Waals surface area contributed by atoms with E-state index < -0.39 is 5.91 Å². The zero-order valence-corrected chi connectivity index (χ0v) is 12.1. The Balaban J connectivity index is 1.67. The number of fused-ring (bicyclic) bond motifs is 1. The fourth-order valence-electron chi connectivity index (χ4n) is 2.12. The molecule has 2 aromatic rings. The molecule has 0 atom stereocenters. The molecule has 0 saturated heterocycles. The average molecular weight is 310 g/mol. The number of hydrogen-bond donors (Lipinski definition) is 2. The Kier molecular flexibility index (Phi) is 3.97. The van der Waals surface area contributed by atoms with Gasteiger partial charge in [0, 0.05) is 29.1 Å². The lowest BCUT2D eigenvalue weighted by atomic mass is 10.1. The van der Waals surface area contributed by atoms with Gasteiger partial charge < -0.3 is 20.5 Å². The Morgan fingerprint density at radius 3 is 2.70 bits per heavy atom. The quantitative estimate of drug-likeness (QED) is 0.653. The van der Waals surface area contributed by atoms with E-state index in [1.54, 1.807) is 42.5 Å². The van der Waals surface area contributed by atoms with Crippen LogP contribution in [0.5, 0.6) is 11.5 Å². The molecule has 0 unspecified atom stereocenters. The summed E-state index contributed by atoms with van der Waals surface area (Å²) in [4.78, 5) is 23.2. The van der Waals surface area contributed by atoms with E-state index in [1.807, 2.05) is 0 Å². The van der Waals surface area contributed by atoms with E-state index in [-0.39, 0.29) is 12.6 Å². The highest BCUT2D eigenvalue weighted by Crippen LogP contribution is 2.32. The Bertz CT molecular complexity index is 799. The van der Waals surface area contributed by atoms with Crippen LogP contribution in [0.1, 0.15) is 20.7 Å². The van der Waals surface area contributed by atoms with E-state index in [9.17, 15) is 9.59 Å². The van der Waals surface area contributed by atoms with Gasteiger partial charge >= 0.3 is 0 Å². The fraction of sp³-hybridized carbons (Fsp3) is 0.0588. The van der Waals surface area contributed by atoms with Crippen LogP contribution in [0.2, 0.25) is 0 Å². The minimum absolute atomic E-state index is 0.167. The summed E-state index contributed by atoms with van der Waals surface area (Å²) < 4.78 is 10.4. The monoisotopic (exact) mass is 310 g/mol. The van der Waals surface area contributed by atoms with Crippen LogP contribution >= 0.6 is 0 Å². The van der Waals surface area contributed by atoms with Gasteiger partial charge in [0.15, 0.2) is 17.3 Å². The largest absolute Gasteiger partial charge is 0.454 e. The Morgan fingerprint density at radius 1 is 1.04 bits per heavy atom. The maximum atomic E-state index is 12.1. The Hall–Kier alpha value is -3.28. The van der Waals surface area contributed by atoms with Gasteiger partial charge in [-0.3, -0.25) is 9.59 Å². The summed E-state index contributed by atoms with van der Waals surface area (Å²) in [6.45, 7) is 0.167. The summed E-state index contributed by atoms with van der Waals surface area (Å²) in [6, 6.07) is 11.7. The number of ether oxygens (including phenoxy) is 2. The molecule has 1 heterocycles. The molecule has 0 radical (unpaired) electrons. The number of amides is 1. The van der Waals surface area contributed by atoms with Crippen LogP contribution < -0.4 is 20.5 Å². The molecule has 0 aromatic heterocycles. The van der Waals surface area contributed by atoms with E-state index in [0.717, 1.165) is 0 Å². The van der Waals surface area contributed by atoms with Crippen molar-refractivity contribution in [1.29, 1.82) is 0 Å². The number of primary amides is 1. The second-order valence-electron chi connectivity index (χ2n) is 4.86. The molecular weight excluding hydrogens is 296 g/mol. The van der Waals surface area contributed by atoms with Crippen LogP contribution in [0.3, 0.4) is 0 Å². The normalized spacial score (nSPS) is 12.3. The number of benzene rings is 2. The number of nitrogens with one attached hydrogen (secondary N) is 1. The molecular formula is C17H14N2O4. The number of carbonyl (C=O) groups is 2. The molecule has 0 fully saturated rings. The smallest absolute Gasteiger partial charge is 0.248 e. The maximum Gasteiger partial charge on any atom is 0.248 e. The van der Waals surface area contributed by atoms with Gasteiger partial charge in [0.05, 0.1) is 0 Å². The molecule has 6 nitrogen and oxygen atoms in total. The lowest BCUT2D eigenvalue weighted by molar-refractivity contribution is 0.0998. The molecule has 0 aliphatic carbocycles. The van der Waals surface area contributed by atoms with Crippen molar-refractivity contribution in [2.75, 3.05) is 12.1 Å². The fourth-order valence-corrected chi connectivity index (χ4v) is 2.12. The molecule has 1 aliphatic heterocycles. The van der Waals surface area contributed by atoms with Gasteiger partial charge in [0.25, 0.3) is 0 Å². The summed E-state index contributed by atoms with van der Waals surface area (Å²) in [5.74, 6) is 0.509. The highest BCUT2D eigenvalue weighted by atomic mass is 16.7. The van der Waals surface area contributed by atoms with Gasteiger partial charge in [0.1, 0.15) is 0 Å². The molecule has 3 N–H and O–H groups in total. The van der Waals surface area contributed by atoms with Gasteiger partial charge in [-0.15, -0.1) is 0 Å². The second kappa shape index (κ2) is 6.23. The Morgan fingerprint density at radius 2 is 1.87 bits per heavy atom. The molecule has 0 saturated carbocycles. The highest BCUT2D eigenvalue weighted by molar-refractivity contribution is 6.05. The zero-order chi connectivity index (χ0) is 16.2. The highest BCUT2D eigenvalue weighted by Gasteiger charge is 2.14. The van der Waals surface area contributed by atoms with Crippen LogP contribution in [0.15, 0.2) is 54.7 Å². The van der Waals surface area contributed by atoms with Gasteiger partial charge in [-0.25, -0.2) is 0 Å². The van der Waals surface area contributed by atoms with Crippen molar-refractivity contribution >= 4 is 17.4 Å². The summed E-state index contributed by atoms with van der Waals surface area (Å²) in [5, 5.41) is 2.93. The summed E-state index contributed by atoms with van der Waals surface area (Å²) in [7, 11) is 0. The molecule has 1 aliphatic rings. The number of anilines is 1. The van der Waals surface area contributed by atoms with Crippen LogP contribution in [-0.2, 0) is 0 Å². The lowest BCUT2D eigenvalue weighted by Crippen LogP contribution is -2.10. The lowest BCUT2D eigenvalue weighted by Gasteiger charge is -2.02. The molecule has 0 spiro atoms. The first-order chi connectivity index (χ1) is 11.1. The number of hydrogen-bond acceptors (Lipinski definition) is 5. The molecule has 0 bridgehead atoms. The third kappa shape index (κ3) is 3.32. The first-order valence-corrected chi connectivity index (χ1v) is 6.90. The number of ketones is 1. The minimum atomic E-state index is -0.505. The molecule has 1 amide bonds. The topological polar surface area (TPSA) is 90.7 Å². The van der Waals surface area contributed by atoms with Crippen molar-refractivity contribution in [3.8, 4) is 11.5 Å². The van der Waals surface area contributed by atoms with Gasteiger partial charge in [-0.2, -0.15) is 0 Å². The molecule has 3 rings (SSSR count). The second-order valence-corrected chi connectivity index (χ2v) is 4.86. The minimum Gasteiger partial charge on any atom is -0.454 e. The standard InChI is InChI=1S/C17H14N2O4/c18-17(21)12-2-1-3-13(8-12)19-7-6-14(20)11-4-5-15-16(9-11)23-10-22-15/h1-9,19H,10H2,(H2,18,21)/b7-6+. The first-order valence-electron chi connectivity index (χ1n) is 6.90. The van der Waals surface area contributed by atoms with Crippen LogP contribution in [0.25, 0.3) is 0 Å². The van der Waals surface area contributed by atoms with E-state index >= 15 is 0 Å². The predicted molar refractivity (Wildman–Crippen MR) is 84.6 cm³/mol. The van der Waals surface area contributed by atoms with Crippen molar-refractivity contribution in [3.63, 3.8) is 0 Å². The van der Waals surface area contributed by atoms with Crippen molar-refractivity contribution in [1.82, 2.24) is 0 Å². The summed E-state index contributed by atoms with van der Waals surface area (Å²) >= 11 is 0. The van der Waals surface area contributed by atoms with E-state index in [2.05, 4.69) is 5.32 Å². The number of carbonyl (C=O) groups excluding carboxylic acids is 2. The third-order valence-electron chi connectivity index (χ3n) is 3.29. The van der Waals surface area contributed by atoms with Gasteiger partial charge in [-0.05, 0) is 36.4 Å². The van der Waals surface area contributed by atoms with Crippen LogP contribution in [0.4, 0.5) is 5.69 Å². The number of allylic oxidation sites excluding steroid dienone is 1. The van der Waals surface area contributed by atoms with Gasteiger partial charge in [0.2, 0.25) is 12.7 Å². The number of rotatable bonds is 5. The van der Waals surface area contributed by atoms with Crippen molar-refractivity contribution < 1.29 is 19.1 Å². The summed E-state index contributed by atoms with van der Waals surface area (Å²) in [5.41, 5.74) is 6.77. The Labute approximate surface area is 132 Å². The van der Waals surface area contributed by atoms with E-state index in [4.69, 9.17) is 15.2 Å². The molecule has 23 heavy (non-hydrogen) atoms. The SMILES string of the molecule is NC(=O)c1cccc(N/C=C/C(=O)c2ccc3c(c2)OCO3)c1. The van der Waals surface area contributed by atoms with Crippen LogP contribution in [-0.4, -0.2) is 18.5 Å². The van der Waals surface area contributed by atoms with Crippen molar-refractivity contribution in [3.05, 3.63) is 65.9 Å². The van der Waals surface area contributed by atoms with Crippen LogP contribution in [0, 0.1) is 0 Å². The van der Waals surface area contributed by atoms with E-state index in [0.29, 0.717) is 28.3 Å². The predicted octanol–water partition coefficient (Wildman–Crippen LogP) is 2.32. The molecule has 6 heteroatoms. The molecule has 2 aromatic carbocycles. The zero-order valence-electron chi connectivity index (χ0n) is 12.1. The van der Waals surface area contributed by atoms with Gasteiger partial charge in [-0.1, -0.05) is 6.07 Å². The summed E-state index contributed by atoms with van der Waals surface area (Å²) in [6.07, 6.45) is 2.90. The average Bonchev–Trinajstić information content (AvgIpc) is 3.02. The van der Waals surface area contributed by atoms with E-state index in [1.165, 1.54) is 12.3 Å². The third-order valence-corrected chi connectivity index (χ3v) is 3.29. The van der Waals surface area contributed by atoms with Crippen molar-refractivity contribution in [2.24, 2.45) is 5.73 Å². The van der Waals surface area contributed by atoms with Crippen molar-refractivity contribution in [2.45, 2.75) is 0 Å². The first kappa shape index (κ1) is 14.6. The maximum absolute atomic E-state index is 12.1. The molecule has 116 valence electrons. The number of nitrogens with two attached hydrogens (primary N) is 1.